The van der Waals surface area contributed by atoms with Crippen LogP contribution in [-0.4, -0.2) is 45.7 Å². The summed E-state index contributed by atoms with van der Waals surface area (Å²) in [6, 6.07) is 0. The molecule has 0 amide bonds. The zero-order chi connectivity index (χ0) is 10.9. The number of rotatable bonds is 2. The van der Waals surface area contributed by atoms with E-state index in [9.17, 15) is 15.0 Å². The third-order valence-corrected chi connectivity index (χ3v) is 2.14. The second kappa shape index (κ2) is 4.08. The highest BCUT2D eigenvalue weighted by atomic mass is 16.6. The van der Waals surface area contributed by atoms with E-state index in [-0.39, 0.29) is 5.57 Å². The van der Waals surface area contributed by atoms with Crippen molar-refractivity contribution in [3.05, 3.63) is 11.6 Å². The number of carbonyl (C=O) groups is 1. The van der Waals surface area contributed by atoms with Crippen molar-refractivity contribution < 1.29 is 24.9 Å². The van der Waals surface area contributed by atoms with E-state index in [1.807, 2.05) is 0 Å². The van der Waals surface area contributed by atoms with Gasteiger partial charge in [0.15, 0.2) is 0 Å². The lowest BCUT2D eigenvalue weighted by molar-refractivity contribution is -0.152. The van der Waals surface area contributed by atoms with Gasteiger partial charge in [0.05, 0.1) is 11.7 Å². The molecule has 0 aromatic rings. The fraction of sp³-hybridized carbons (Fsp3) is 0.667. The highest BCUT2D eigenvalue weighted by Crippen LogP contribution is 2.18. The van der Waals surface area contributed by atoms with E-state index < -0.39 is 30.4 Å². The summed E-state index contributed by atoms with van der Waals surface area (Å²) in [6.45, 7) is 2.90. The smallest absolute Gasteiger partial charge is 0.336 e. The molecule has 1 aliphatic rings. The molecule has 0 aromatic heterocycles. The number of ether oxygens (including phenoxy) is 1. The molecule has 0 aromatic carbocycles. The van der Waals surface area contributed by atoms with Gasteiger partial charge < -0.3 is 20.1 Å². The minimum absolute atomic E-state index is 0.0920. The van der Waals surface area contributed by atoms with Gasteiger partial charge in [-0.15, -0.1) is 0 Å². The maximum atomic E-state index is 11.2. The number of aliphatic hydroxyl groups is 3. The molecule has 0 saturated carbocycles. The molecule has 0 saturated heterocycles. The summed E-state index contributed by atoms with van der Waals surface area (Å²) in [7, 11) is 0. The van der Waals surface area contributed by atoms with Gasteiger partial charge >= 0.3 is 5.97 Å². The molecule has 0 fully saturated rings. The van der Waals surface area contributed by atoms with E-state index in [4.69, 9.17) is 9.84 Å². The second-order valence-corrected chi connectivity index (χ2v) is 3.41. The molecule has 1 rings (SSSR count). The molecular formula is C9H14O5. The van der Waals surface area contributed by atoms with Crippen molar-refractivity contribution in [2.45, 2.75) is 38.3 Å². The number of esters is 1. The Bertz CT molecular complexity index is 258. The molecule has 4 unspecified atom stereocenters. The lowest BCUT2D eigenvalue weighted by atomic mass is 10.00. The summed E-state index contributed by atoms with van der Waals surface area (Å²) >= 11 is 0. The standard InChI is InChI=1S/C9H14O5/c1-4(10)8(12)6-3-7(11)5(2)14-9(6)13/h3-5,7-8,10-12H,1-2H3. The number of hydrogen-bond acceptors (Lipinski definition) is 5. The van der Waals surface area contributed by atoms with E-state index in [0.717, 1.165) is 0 Å². The van der Waals surface area contributed by atoms with Gasteiger partial charge in [-0.1, -0.05) is 0 Å². The summed E-state index contributed by atoms with van der Waals surface area (Å²) in [6.07, 6.45) is -2.73. The van der Waals surface area contributed by atoms with Gasteiger partial charge in [0.1, 0.15) is 18.3 Å². The Hall–Kier alpha value is -0.910. The van der Waals surface area contributed by atoms with Gasteiger partial charge in [-0.2, -0.15) is 0 Å². The fourth-order valence-electron chi connectivity index (χ4n) is 1.17. The van der Waals surface area contributed by atoms with Crippen LogP contribution in [0.5, 0.6) is 0 Å². The first-order chi connectivity index (χ1) is 6.43. The van der Waals surface area contributed by atoms with Crippen molar-refractivity contribution in [2.24, 2.45) is 0 Å². The van der Waals surface area contributed by atoms with Crippen LogP contribution in [0.4, 0.5) is 0 Å². The van der Waals surface area contributed by atoms with Crippen LogP contribution < -0.4 is 0 Å². The van der Waals surface area contributed by atoms with Crippen LogP contribution in [0, 0.1) is 0 Å². The quantitative estimate of drug-likeness (QED) is 0.498. The van der Waals surface area contributed by atoms with Gasteiger partial charge in [0, 0.05) is 0 Å². The lowest BCUT2D eigenvalue weighted by Gasteiger charge is -2.26. The number of carbonyl (C=O) groups excluding carboxylic acids is 1. The van der Waals surface area contributed by atoms with Crippen molar-refractivity contribution >= 4 is 5.97 Å². The third-order valence-electron chi connectivity index (χ3n) is 2.14. The average molecular weight is 202 g/mol. The second-order valence-electron chi connectivity index (χ2n) is 3.41. The van der Waals surface area contributed by atoms with Gasteiger partial charge in [-0.25, -0.2) is 4.79 Å². The molecular weight excluding hydrogens is 188 g/mol. The molecule has 0 radical (unpaired) electrons. The van der Waals surface area contributed by atoms with Gasteiger partial charge in [0.25, 0.3) is 0 Å². The predicted octanol–water partition coefficient (Wildman–Crippen LogP) is -1.04. The molecule has 4 atom stereocenters. The van der Waals surface area contributed by atoms with Crippen LogP contribution in [0.1, 0.15) is 13.8 Å². The zero-order valence-electron chi connectivity index (χ0n) is 8.04. The average Bonchev–Trinajstić information content (AvgIpc) is 2.10. The Kier molecular flexibility index (Phi) is 3.25. The number of hydrogen-bond donors (Lipinski definition) is 3. The Labute approximate surface area is 81.6 Å². The van der Waals surface area contributed by atoms with Crippen LogP contribution in [0.3, 0.4) is 0 Å². The highest BCUT2D eigenvalue weighted by Gasteiger charge is 2.32. The lowest BCUT2D eigenvalue weighted by Crippen LogP contribution is -2.39. The molecule has 0 spiro atoms. The highest BCUT2D eigenvalue weighted by molar-refractivity contribution is 5.90. The summed E-state index contributed by atoms with van der Waals surface area (Å²) in [5.41, 5.74) is -0.0920. The normalized spacial score (nSPS) is 31.8. The largest absolute Gasteiger partial charge is 0.456 e. The summed E-state index contributed by atoms with van der Waals surface area (Å²) < 4.78 is 4.75. The maximum absolute atomic E-state index is 11.2. The predicted molar refractivity (Wildman–Crippen MR) is 47.3 cm³/mol. The van der Waals surface area contributed by atoms with Crippen molar-refractivity contribution in [2.75, 3.05) is 0 Å². The Balaban J connectivity index is 2.87. The molecule has 80 valence electrons. The molecule has 5 nitrogen and oxygen atoms in total. The van der Waals surface area contributed by atoms with Crippen LogP contribution in [0.25, 0.3) is 0 Å². The molecule has 5 heteroatoms. The Morgan fingerprint density at radius 3 is 2.57 bits per heavy atom. The molecule has 0 bridgehead atoms. The van der Waals surface area contributed by atoms with Crippen molar-refractivity contribution in [3.63, 3.8) is 0 Å². The Morgan fingerprint density at radius 2 is 2.07 bits per heavy atom. The monoisotopic (exact) mass is 202 g/mol. The van der Waals surface area contributed by atoms with Gasteiger partial charge in [-0.3, -0.25) is 0 Å². The van der Waals surface area contributed by atoms with E-state index in [1.54, 1.807) is 6.92 Å². The number of aliphatic hydroxyl groups excluding tert-OH is 3. The minimum Gasteiger partial charge on any atom is -0.456 e. The summed E-state index contributed by atoms with van der Waals surface area (Å²) in [5.74, 6) is -0.698. The van der Waals surface area contributed by atoms with Crippen LogP contribution in [-0.2, 0) is 9.53 Å². The Morgan fingerprint density at radius 1 is 1.50 bits per heavy atom. The van der Waals surface area contributed by atoms with E-state index in [2.05, 4.69) is 0 Å². The van der Waals surface area contributed by atoms with E-state index >= 15 is 0 Å². The molecule has 1 aliphatic heterocycles. The first-order valence-corrected chi connectivity index (χ1v) is 4.40. The first-order valence-electron chi connectivity index (χ1n) is 4.40. The molecule has 1 heterocycles. The van der Waals surface area contributed by atoms with E-state index in [1.165, 1.54) is 13.0 Å². The third kappa shape index (κ3) is 2.12. The molecule has 14 heavy (non-hydrogen) atoms. The van der Waals surface area contributed by atoms with Crippen molar-refractivity contribution in [1.82, 2.24) is 0 Å². The van der Waals surface area contributed by atoms with Gasteiger partial charge in [-0.05, 0) is 19.9 Å². The van der Waals surface area contributed by atoms with Crippen LogP contribution in [0.2, 0.25) is 0 Å². The summed E-state index contributed by atoms with van der Waals surface area (Å²) in [5, 5.41) is 27.8. The minimum atomic E-state index is -1.32. The van der Waals surface area contributed by atoms with Gasteiger partial charge in [0.2, 0.25) is 0 Å². The molecule has 0 aliphatic carbocycles. The van der Waals surface area contributed by atoms with Crippen molar-refractivity contribution in [1.29, 1.82) is 0 Å². The zero-order valence-corrected chi connectivity index (χ0v) is 8.04. The van der Waals surface area contributed by atoms with Crippen molar-refractivity contribution in [3.8, 4) is 0 Å². The fourth-order valence-corrected chi connectivity index (χ4v) is 1.17. The van der Waals surface area contributed by atoms with Crippen LogP contribution in [0.15, 0.2) is 11.6 Å². The van der Waals surface area contributed by atoms with E-state index in [0.29, 0.717) is 0 Å². The summed E-state index contributed by atoms with van der Waals surface area (Å²) in [4.78, 5) is 11.2. The topological polar surface area (TPSA) is 87.0 Å². The SMILES string of the molecule is CC(O)C(O)C1=CC(O)C(C)OC1=O. The number of cyclic esters (lactones) is 1. The van der Waals surface area contributed by atoms with Crippen LogP contribution >= 0.6 is 0 Å². The first kappa shape index (κ1) is 11.2. The molecule has 3 N–H and O–H groups in total. The maximum Gasteiger partial charge on any atom is 0.336 e.